The van der Waals surface area contributed by atoms with Crippen molar-refractivity contribution in [2.24, 2.45) is 5.73 Å². The number of hydrogen-bond acceptors (Lipinski definition) is 4. The first-order valence-electron chi connectivity index (χ1n) is 10.0. The van der Waals surface area contributed by atoms with Crippen molar-refractivity contribution in [3.8, 4) is 5.75 Å². The van der Waals surface area contributed by atoms with Crippen LogP contribution in [0.15, 0.2) is 60.9 Å². The minimum absolute atomic E-state index is 0.0590. The first-order valence-corrected chi connectivity index (χ1v) is 10.0. The Morgan fingerprint density at radius 3 is 2.79 bits per heavy atom. The summed E-state index contributed by atoms with van der Waals surface area (Å²) in [5.41, 5.74) is 8.94. The van der Waals surface area contributed by atoms with Crippen LogP contribution in [0.25, 0.3) is 0 Å². The Morgan fingerprint density at radius 2 is 2.03 bits per heavy atom. The molecule has 1 amide bonds. The normalized spacial score (nSPS) is 17.9. The van der Waals surface area contributed by atoms with Crippen molar-refractivity contribution >= 4 is 5.91 Å². The van der Waals surface area contributed by atoms with Gasteiger partial charge >= 0.3 is 0 Å². The number of rotatable bonds is 9. The minimum Gasteiger partial charge on any atom is -0.507 e. The van der Waals surface area contributed by atoms with Crippen molar-refractivity contribution in [3.05, 3.63) is 83.2 Å². The zero-order valence-electron chi connectivity index (χ0n) is 16.3. The average Bonchev–Trinajstić information content (AvgIpc) is 3.36. The van der Waals surface area contributed by atoms with Crippen LogP contribution in [0, 0.1) is 0 Å². The molecule has 4 rings (SSSR count). The number of aryl methyl sites for hydroxylation is 2. The zero-order valence-corrected chi connectivity index (χ0v) is 16.3. The predicted octanol–water partition coefficient (Wildman–Crippen LogP) is 2.97. The number of aromatic nitrogens is 2. The number of nitrogens with zero attached hydrogens (tertiary/aromatic N) is 2. The maximum atomic E-state index is 11.2. The fraction of sp³-hybridized carbons (Fsp3) is 0.304. The molecule has 0 spiro atoms. The molecule has 0 saturated heterocycles. The summed E-state index contributed by atoms with van der Waals surface area (Å²) >= 11 is 0. The topological polar surface area (TPSA) is 93.2 Å². The molecule has 0 aliphatic heterocycles. The number of nitrogens with two attached hydrogens (primary N) is 1. The van der Waals surface area contributed by atoms with Crippen LogP contribution >= 0.6 is 0 Å². The first-order chi connectivity index (χ1) is 14.1. The second-order valence-corrected chi connectivity index (χ2v) is 7.67. The predicted molar refractivity (Wildman–Crippen MR) is 112 cm³/mol. The number of benzene rings is 2. The molecule has 4 N–H and O–H groups in total. The highest BCUT2D eigenvalue weighted by Crippen LogP contribution is 2.40. The SMILES string of the molecule is NC(=O)c1ccc(CCCn2cc(CNC3CC3c3ccccc3)cn2)cc1O. The molecule has 3 aromatic rings. The lowest BCUT2D eigenvalue weighted by atomic mass is 10.1. The molecular formula is C23H26N4O2. The standard InChI is InChI=1S/C23H26N4O2/c24-23(29)19-9-8-16(11-22(19)28)5-4-10-27-15-17(14-26-27)13-25-21-12-20(21)18-6-2-1-3-7-18/h1-3,6-9,11,14-15,20-21,25,28H,4-5,10,12-13H2,(H2,24,29). The molecule has 2 aromatic carbocycles. The molecule has 1 aliphatic carbocycles. The van der Waals surface area contributed by atoms with E-state index < -0.39 is 5.91 Å². The summed E-state index contributed by atoms with van der Waals surface area (Å²) in [6.07, 6.45) is 6.88. The third-order valence-corrected chi connectivity index (χ3v) is 5.45. The zero-order chi connectivity index (χ0) is 20.2. The Morgan fingerprint density at radius 1 is 1.21 bits per heavy atom. The van der Waals surface area contributed by atoms with Gasteiger partial charge in [-0.15, -0.1) is 0 Å². The number of primary amides is 1. The Bertz CT molecular complexity index is 984. The lowest BCUT2D eigenvalue weighted by Gasteiger charge is -2.05. The van der Waals surface area contributed by atoms with Crippen LogP contribution in [-0.2, 0) is 19.5 Å². The summed E-state index contributed by atoms with van der Waals surface area (Å²) in [6, 6.07) is 16.2. The first kappa shape index (κ1) is 19.2. The van der Waals surface area contributed by atoms with E-state index in [9.17, 15) is 9.90 Å². The third-order valence-electron chi connectivity index (χ3n) is 5.45. The van der Waals surface area contributed by atoms with Crippen molar-refractivity contribution in [1.29, 1.82) is 0 Å². The highest BCUT2D eigenvalue weighted by Gasteiger charge is 2.37. The van der Waals surface area contributed by atoms with Gasteiger partial charge in [0, 0.05) is 36.8 Å². The molecule has 6 nitrogen and oxygen atoms in total. The van der Waals surface area contributed by atoms with Gasteiger partial charge in [-0.25, -0.2) is 0 Å². The van der Waals surface area contributed by atoms with Crippen LogP contribution in [0.3, 0.4) is 0 Å². The van der Waals surface area contributed by atoms with Gasteiger partial charge in [0.25, 0.3) is 5.91 Å². The molecule has 150 valence electrons. The molecule has 2 atom stereocenters. The van der Waals surface area contributed by atoms with Crippen molar-refractivity contribution in [1.82, 2.24) is 15.1 Å². The van der Waals surface area contributed by atoms with E-state index in [2.05, 4.69) is 46.9 Å². The van der Waals surface area contributed by atoms with Crippen molar-refractivity contribution in [2.45, 2.75) is 44.3 Å². The summed E-state index contributed by atoms with van der Waals surface area (Å²) < 4.78 is 1.95. The summed E-state index contributed by atoms with van der Waals surface area (Å²) in [5, 5.41) is 17.9. The van der Waals surface area contributed by atoms with Crippen molar-refractivity contribution in [2.75, 3.05) is 0 Å². The smallest absolute Gasteiger partial charge is 0.252 e. The van der Waals surface area contributed by atoms with Crippen molar-refractivity contribution < 1.29 is 9.90 Å². The van der Waals surface area contributed by atoms with Gasteiger partial charge in [-0.1, -0.05) is 36.4 Å². The Kier molecular flexibility index (Phi) is 5.62. The maximum absolute atomic E-state index is 11.2. The fourth-order valence-corrected chi connectivity index (χ4v) is 3.74. The van der Waals surface area contributed by atoms with E-state index in [1.165, 1.54) is 17.5 Å². The largest absolute Gasteiger partial charge is 0.507 e. The van der Waals surface area contributed by atoms with E-state index in [4.69, 9.17) is 5.73 Å². The van der Waals surface area contributed by atoms with Crippen molar-refractivity contribution in [3.63, 3.8) is 0 Å². The molecule has 6 heteroatoms. The second kappa shape index (κ2) is 8.49. The minimum atomic E-state index is -0.618. The van der Waals surface area contributed by atoms with Gasteiger partial charge in [-0.05, 0) is 42.5 Å². The van der Waals surface area contributed by atoms with E-state index in [1.54, 1.807) is 12.1 Å². The van der Waals surface area contributed by atoms with Gasteiger partial charge in [-0.2, -0.15) is 5.10 Å². The van der Waals surface area contributed by atoms with E-state index in [0.717, 1.165) is 31.5 Å². The quantitative estimate of drug-likeness (QED) is 0.524. The third kappa shape index (κ3) is 4.84. The summed E-state index contributed by atoms with van der Waals surface area (Å²) in [6.45, 7) is 1.63. The average molecular weight is 390 g/mol. The number of hydrogen-bond donors (Lipinski definition) is 3. The fourth-order valence-electron chi connectivity index (χ4n) is 3.74. The van der Waals surface area contributed by atoms with E-state index in [-0.39, 0.29) is 11.3 Å². The molecule has 1 saturated carbocycles. The second-order valence-electron chi connectivity index (χ2n) is 7.67. The Balaban J connectivity index is 1.21. The van der Waals surface area contributed by atoms with Crippen LogP contribution in [0.1, 0.15) is 45.8 Å². The molecule has 1 aromatic heterocycles. The van der Waals surface area contributed by atoms with E-state index in [1.807, 2.05) is 16.9 Å². The monoisotopic (exact) mass is 390 g/mol. The van der Waals surface area contributed by atoms with Gasteiger partial charge < -0.3 is 16.2 Å². The van der Waals surface area contributed by atoms with Gasteiger partial charge in [0.1, 0.15) is 5.75 Å². The number of phenols is 1. The Labute approximate surface area is 170 Å². The summed E-state index contributed by atoms with van der Waals surface area (Å²) in [4.78, 5) is 11.2. The molecular weight excluding hydrogens is 364 g/mol. The van der Waals surface area contributed by atoms with E-state index in [0.29, 0.717) is 12.0 Å². The van der Waals surface area contributed by atoms with Crippen LogP contribution in [0.2, 0.25) is 0 Å². The van der Waals surface area contributed by atoms with Crippen LogP contribution in [0.4, 0.5) is 0 Å². The molecule has 29 heavy (non-hydrogen) atoms. The lowest BCUT2D eigenvalue weighted by Crippen LogP contribution is -2.16. The Hall–Kier alpha value is -3.12. The van der Waals surface area contributed by atoms with Gasteiger partial charge in [0.15, 0.2) is 0 Å². The van der Waals surface area contributed by atoms with Gasteiger partial charge in [-0.3, -0.25) is 9.48 Å². The van der Waals surface area contributed by atoms with Crippen LogP contribution in [-0.4, -0.2) is 26.8 Å². The highest BCUT2D eigenvalue weighted by atomic mass is 16.3. The number of carbonyl (C=O) groups is 1. The lowest BCUT2D eigenvalue weighted by molar-refractivity contribution is 0.0997. The van der Waals surface area contributed by atoms with E-state index >= 15 is 0 Å². The van der Waals surface area contributed by atoms with Gasteiger partial charge in [0.05, 0.1) is 11.8 Å². The number of amides is 1. The summed E-state index contributed by atoms with van der Waals surface area (Å²) in [7, 11) is 0. The molecule has 0 bridgehead atoms. The van der Waals surface area contributed by atoms with Crippen LogP contribution in [0.5, 0.6) is 5.75 Å². The molecule has 0 radical (unpaired) electrons. The van der Waals surface area contributed by atoms with Gasteiger partial charge in [0.2, 0.25) is 0 Å². The molecule has 2 unspecified atom stereocenters. The molecule has 1 heterocycles. The molecule has 1 aliphatic rings. The maximum Gasteiger partial charge on any atom is 0.252 e. The van der Waals surface area contributed by atoms with Crippen LogP contribution < -0.4 is 11.1 Å². The highest BCUT2D eigenvalue weighted by molar-refractivity contribution is 5.95. The summed E-state index contributed by atoms with van der Waals surface area (Å²) in [5.74, 6) is -0.0482. The number of carbonyl (C=O) groups excluding carboxylic acids is 1. The molecule has 1 fully saturated rings. The number of nitrogens with one attached hydrogen (secondary N) is 1. The number of aromatic hydroxyl groups is 1.